The normalized spacial score (nSPS) is 17.4. The van der Waals surface area contributed by atoms with E-state index in [1.54, 1.807) is 23.2 Å². The Balaban J connectivity index is 1.74. The van der Waals surface area contributed by atoms with Gasteiger partial charge in [0.25, 0.3) is 5.91 Å². The van der Waals surface area contributed by atoms with E-state index >= 15 is 0 Å². The van der Waals surface area contributed by atoms with Crippen LogP contribution in [0, 0.1) is 6.92 Å². The van der Waals surface area contributed by atoms with E-state index in [4.69, 9.17) is 4.42 Å². The Morgan fingerprint density at radius 2 is 2.08 bits per heavy atom. The number of piperidine rings is 1. The van der Waals surface area contributed by atoms with Crippen molar-refractivity contribution < 1.29 is 9.21 Å². The fourth-order valence-electron chi connectivity index (χ4n) is 3.56. The van der Waals surface area contributed by atoms with Gasteiger partial charge in [-0.25, -0.2) is 0 Å². The van der Waals surface area contributed by atoms with Crippen molar-refractivity contribution >= 4 is 16.9 Å². The number of hydrogen-bond donors (Lipinski definition) is 0. The first-order chi connectivity index (χ1) is 12.6. The van der Waals surface area contributed by atoms with E-state index < -0.39 is 0 Å². The van der Waals surface area contributed by atoms with Gasteiger partial charge in [0, 0.05) is 18.8 Å². The van der Waals surface area contributed by atoms with Crippen LogP contribution in [0.1, 0.15) is 47.1 Å². The Morgan fingerprint density at radius 1 is 1.19 bits per heavy atom. The number of amides is 1. The van der Waals surface area contributed by atoms with Crippen molar-refractivity contribution in [2.45, 2.75) is 32.2 Å². The molecule has 0 saturated carbocycles. The fourth-order valence-corrected chi connectivity index (χ4v) is 3.56. The topological polar surface area (TPSA) is 63.4 Å². The molecule has 2 aromatic heterocycles. The number of carbonyl (C=O) groups excluding carboxylic acids is 1. The molecule has 1 saturated heterocycles. The van der Waals surface area contributed by atoms with Gasteiger partial charge in [0.05, 0.1) is 17.1 Å². The largest absolute Gasteiger partial charge is 0.451 e. The zero-order valence-corrected chi connectivity index (χ0v) is 14.6. The molecule has 3 aromatic rings. The quantitative estimate of drug-likeness (QED) is 0.705. The zero-order valence-electron chi connectivity index (χ0n) is 14.6. The van der Waals surface area contributed by atoms with Crippen molar-refractivity contribution in [3.05, 3.63) is 75.9 Å². The van der Waals surface area contributed by atoms with Crippen LogP contribution in [0.5, 0.6) is 0 Å². The maximum absolute atomic E-state index is 13.1. The molecule has 0 N–H and O–H groups in total. The Hall–Kier alpha value is -2.95. The van der Waals surface area contributed by atoms with E-state index in [0.717, 1.165) is 30.5 Å². The number of likely N-dealkylation sites (tertiary alicyclic amines) is 1. The minimum absolute atomic E-state index is 0.0871. The maximum Gasteiger partial charge on any atom is 0.290 e. The van der Waals surface area contributed by atoms with Gasteiger partial charge in [-0.2, -0.15) is 0 Å². The molecule has 1 aliphatic heterocycles. The molecule has 0 bridgehead atoms. The number of pyridine rings is 1. The number of nitrogens with zero attached hydrogens (tertiary/aromatic N) is 2. The van der Waals surface area contributed by atoms with E-state index in [0.29, 0.717) is 17.5 Å². The molecule has 5 heteroatoms. The number of carbonyl (C=O) groups is 1. The second-order valence-corrected chi connectivity index (χ2v) is 6.74. The molecule has 1 fully saturated rings. The summed E-state index contributed by atoms with van der Waals surface area (Å²) >= 11 is 0. The van der Waals surface area contributed by atoms with Gasteiger partial charge in [0.2, 0.25) is 0 Å². The summed E-state index contributed by atoms with van der Waals surface area (Å²) in [6.45, 7) is 2.56. The molecule has 1 aliphatic rings. The van der Waals surface area contributed by atoms with Crippen molar-refractivity contribution in [3.8, 4) is 0 Å². The predicted molar refractivity (Wildman–Crippen MR) is 99.1 cm³/mol. The molecule has 0 spiro atoms. The van der Waals surface area contributed by atoms with Gasteiger partial charge in [-0.05, 0) is 56.0 Å². The Morgan fingerprint density at radius 3 is 2.88 bits per heavy atom. The Labute approximate surface area is 151 Å². The average molecular weight is 348 g/mol. The van der Waals surface area contributed by atoms with E-state index in [1.165, 1.54) is 6.07 Å². The van der Waals surface area contributed by atoms with Crippen LogP contribution in [0.4, 0.5) is 0 Å². The van der Waals surface area contributed by atoms with Gasteiger partial charge in [0.15, 0.2) is 11.2 Å². The third-order valence-electron chi connectivity index (χ3n) is 4.89. The molecule has 1 amide bonds. The summed E-state index contributed by atoms with van der Waals surface area (Å²) in [5, 5.41) is 0.493. The smallest absolute Gasteiger partial charge is 0.290 e. The SMILES string of the molecule is Cc1ccc2c(=O)cc(C(=O)N3CCCC[C@@H]3c3ccccn3)oc2c1. The summed E-state index contributed by atoms with van der Waals surface area (Å²) in [6, 6.07) is 12.4. The maximum atomic E-state index is 13.1. The van der Waals surface area contributed by atoms with Crippen molar-refractivity contribution in [2.24, 2.45) is 0 Å². The third-order valence-corrected chi connectivity index (χ3v) is 4.89. The molecule has 3 heterocycles. The second kappa shape index (κ2) is 6.75. The Kier molecular flexibility index (Phi) is 4.29. The molecule has 1 aromatic carbocycles. The molecule has 0 aliphatic carbocycles. The molecule has 0 radical (unpaired) electrons. The van der Waals surface area contributed by atoms with Crippen LogP contribution >= 0.6 is 0 Å². The number of benzene rings is 1. The van der Waals surface area contributed by atoms with Crippen LogP contribution in [0.25, 0.3) is 11.0 Å². The lowest BCUT2D eigenvalue weighted by atomic mass is 9.98. The molecule has 0 unspecified atom stereocenters. The number of fused-ring (bicyclic) bond motifs is 1. The van der Waals surface area contributed by atoms with Gasteiger partial charge in [-0.3, -0.25) is 14.6 Å². The van der Waals surface area contributed by atoms with E-state index in [-0.39, 0.29) is 23.1 Å². The minimum Gasteiger partial charge on any atom is -0.451 e. The van der Waals surface area contributed by atoms with Crippen LogP contribution in [-0.2, 0) is 0 Å². The van der Waals surface area contributed by atoms with Crippen LogP contribution < -0.4 is 5.43 Å². The van der Waals surface area contributed by atoms with Crippen LogP contribution in [0.2, 0.25) is 0 Å². The van der Waals surface area contributed by atoms with Crippen molar-refractivity contribution in [1.29, 1.82) is 0 Å². The third kappa shape index (κ3) is 3.01. The first-order valence-electron chi connectivity index (χ1n) is 8.90. The molecular weight excluding hydrogens is 328 g/mol. The molecule has 132 valence electrons. The molecule has 26 heavy (non-hydrogen) atoms. The van der Waals surface area contributed by atoms with Gasteiger partial charge in [-0.1, -0.05) is 12.1 Å². The number of aryl methyl sites for hydroxylation is 1. The van der Waals surface area contributed by atoms with E-state index in [9.17, 15) is 9.59 Å². The lowest BCUT2D eigenvalue weighted by Gasteiger charge is -2.35. The molecule has 1 atom stereocenters. The van der Waals surface area contributed by atoms with Gasteiger partial charge >= 0.3 is 0 Å². The van der Waals surface area contributed by atoms with Gasteiger partial charge in [0.1, 0.15) is 5.58 Å². The highest BCUT2D eigenvalue weighted by molar-refractivity contribution is 5.93. The predicted octanol–water partition coefficient (Wildman–Crippen LogP) is 3.86. The summed E-state index contributed by atoms with van der Waals surface area (Å²) in [7, 11) is 0. The highest BCUT2D eigenvalue weighted by Gasteiger charge is 2.31. The number of hydrogen-bond acceptors (Lipinski definition) is 4. The molecule has 5 nitrogen and oxygen atoms in total. The summed E-state index contributed by atoms with van der Waals surface area (Å²) in [6.07, 6.45) is 4.59. The molecular formula is C21H20N2O3. The fraction of sp³-hybridized carbons (Fsp3) is 0.286. The van der Waals surface area contributed by atoms with Crippen LogP contribution in [0.15, 0.2) is 57.9 Å². The highest BCUT2D eigenvalue weighted by Crippen LogP contribution is 2.31. The summed E-state index contributed by atoms with van der Waals surface area (Å²) in [4.78, 5) is 31.7. The van der Waals surface area contributed by atoms with Crippen molar-refractivity contribution in [3.63, 3.8) is 0 Å². The average Bonchev–Trinajstić information content (AvgIpc) is 2.67. The van der Waals surface area contributed by atoms with Crippen molar-refractivity contribution in [1.82, 2.24) is 9.88 Å². The highest BCUT2D eigenvalue weighted by atomic mass is 16.3. The van der Waals surface area contributed by atoms with Crippen molar-refractivity contribution in [2.75, 3.05) is 6.54 Å². The zero-order chi connectivity index (χ0) is 18.1. The first kappa shape index (κ1) is 16.5. The summed E-state index contributed by atoms with van der Waals surface area (Å²) in [5.41, 5.74) is 2.11. The standard InChI is InChI=1S/C21H20N2O3/c1-14-8-9-15-18(24)13-20(26-19(15)12-14)21(25)23-11-5-3-7-17(23)16-6-2-4-10-22-16/h2,4,6,8-10,12-13,17H,3,5,7,11H2,1H3/t17-/m1/s1. The monoisotopic (exact) mass is 348 g/mol. The second-order valence-electron chi connectivity index (χ2n) is 6.74. The van der Waals surface area contributed by atoms with Crippen LogP contribution in [0.3, 0.4) is 0 Å². The van der Waals surface area contributed by atoms with Gasteiger partial charge in [-0.15, -0.1) is 0 Å². The lowest BCUT2D eigenvalue weighted by Crippen LogP contribution is -2.39. The lowest BCUT2D eigenvalue weighted by molar-refractivity contribution is 0.0574. The summed E-state index contributed by atoms with van der Waals surface area (Å²) < 4.78 is 5.81. The Bertz CT molecular complexity index is 1010. The number of aromatic nitrogens is 1. The first-order valence-corrected chi connectivity index (χ1v) is 8.90. The summed E-state index contributed by atoms with van der Waals surface area (Å²) in [5.74, 6) is -0.156. The molecule has 4 rings (SSSR count). The van der Waals surface area contributed by atoms with E-state index in [2.05, 4.69) is 4.98 Å². The van der Waals surface area contributed by atoms with Crippen LogP contribution in [-0.4, -0.2) is 22.3 Å². The number of rotatable bonds is 2. The van der Waals surface area contributed by atoms with Gasteiger partial charge < -0.3 is 9.32 Å². The van der Waals surface area contributed by atoms with E-state index in [1.807, 2.05) is 31.2 Å². The minimum atomic E-state index is -0.249.